The van der Waals surface area contributed by atoms with Crippen molar-refractivity contribution in [3.8, 4) is 6.07 Å². The van der Waals surface area contributed by atoms with Crippen LogP contribution in [0.1, 0.15) is 18.4 Å². The van der Waals surface area contributed by atoms with Crippen molar-refractivity contribution in [1.29, 1.82) is 5.26 Å². The van der Waals surface area contributed by atoms with Crippen LogP contribution in [0.4, 0.5) is 11.4 Å². The summed E-state index contributed by atoms with van der Waals surface area (Å²) in [5.41, 5.74) is 2.17. The molecule has 0 unspecified atom stereocenters. The molecule has 0 aliphatic carbocycles. The lowest BCUT2D eigenvalue weighted by molar-refractivity contribution is -0.120. The van der Waals surface area contributed by atoms with Gasteiger partial charge in [-0.2, -0.15) is 5.26 Å². The van der Waals surface area contributed by atoms with Crippen molar-refractivity contribution in [2.24, 2.45) is 5.92 Å². The molecule has 0 bridgehead atoms. The second kappa shape index (κ2) is 7.37. The monoisotopic (exact) mass is 339 g/mol. The van der Waals surface area contributed by atoms with Crippen molar-refractivity contribution in [3.05, 3.63) is 59.1 Å². The van der Waals surface area contributed by atoms with Gasteiger partial charge in [0.15, 0.2) is 0 Å². The van der Waals surface area contributed by atoms with E-state index in [4.69, 9.17) is 16.9 Å². The second-order valence-electron chi connectivity index (χ2n) is 5.89. The van der Waals surface area contributed by atoms with Crippen LogP contribution < -0.4 is 10.2 Å². The first-order valence-electron chi connectivity index (χ1n) is 7.98. The first-order valence-corrected chi connectivity index (χ1v) is 8.35. The highest BCUT2D eigenvalue weighted by atomic mass is 35.5. The summed E-state index contributed by atoms with van der Waals surface area (Å²) >= 11 is 6.04. The van der Waals surface area contributed by atoms with Crippen molar-refractivity contribution in [2.75, 3.05) is 23.3 Å². The molecule has 5 heteroatoms. The van der Waals surface area contributed by atoms with Crippen LogP contribution in [0, 0.1) is 17.2 Å². The molecule has 0 aromatic heterocycles. The molecule has 2 aromatic carbocycles. The number of nitriles is 1. The lowest BCUT2D eigenvalue weighted by Crippen LogP contribution is -2.38. The fourth-order valence-electron chi connectivity index (χ4n) is 3.00. The lowest BCUT2D eigenvalue weighted by Gasteiger charge is -2.33. The standard InChI is InChI=1S/C19H18ClN3O/c20-16-5-3-6-17(12-16)23-10-8-14(9-11-23)19(24)22-18-7-2-1-4-15(18)13-21/h1-7,12,14H,8-11H2,(H,22,24). The zero-order valence-corrected chi connectivity index (χ0v) is 14.0. The van der Waals surface area contributed by atoms with Crippen molar-refractivity contribution in [2.45, 2.75) is 12.8 Å². The molecule has 1 fully saturated rings. The van der Waals surface area contributed by atoms with Gasteiger partial charge in [0.05, 0.1) is 11.3 Å². The van der Waals surface area contributed by atoms with E-state index in [2.05, 4.69) is 16.3 Å². The number of carbonyl (C=O) groups excluding carboxylic acids is 1. The summed E-state index contributed by atoms with van der Waals surface area (Å²) in [4.78, 5) is 14.7. The Hall–Kier alpha value is -2.51. The Morgan fingerprint density at radius 1 is 1.17 bits per heavy atom. The summed E-state index contributed by atoms with van der Waals surface area (Å²) in [6.45, 7) is 1.64. The predicted octanol–water partition coefficient (Wildman–Crippen LogP) is 4.07. The summed E-state index contributed by atoms with van der Waals surface area (Å²) in [6.07, 6.45) is 1.57. The number of hydrogen-bond donors (Lipinski definition) is 1. The van der Waals surface area contributed by atoms with Gasteiger partial charge in [0, 0.05) is 29.7 Å². The number of piperidine rings is 1. The minimum absolute atomic E-state index is 0.0107. The molecule has 1 saturated heterocycles. The summed E-state index contributed by atoms with van der Waals surface area (Å²) in [6, 6.07) is 17.0. The number of para-hydroxylation sites is 1. The van der Waals surface area contributed by atoms with Crippen molar-refractivity contribution < 1.29 is 4.79 Å². The molecule has 1 amide bonds. The fraction of sp³-hybridized carbons (Fsp3) is 0.263. The van der Waals surface area contributed by atoms with Gasteiger partial charge in [0.2, 0.25) is 5.91 Å². The highest BCUT2D eigenvalue weighted by molar-refractivity contribution is 6.30. The number of rotatable bonds is 3. The largest absolute Gasteiger partial charge is 0.371 e. The number of carbonyl (C=O) groups is 1. The summed E-state index contributed by atoms with van der Waals surface area (Å²) in [7, 11) is 0. The van der Waals surface area contributed by atoms with E-state index in [0.29, 0.717) is 11.3 Å². The van der Waals surface area contributed by atoms with Crippen LogP contribution in [0.2, 0.25) is 5.02 Å². The number of hydrogen-bond acceptors (Lipinski definition) is 3. The zero-order chi connectivity index (χ0) is 16.9. The molecule has 0 radical (unpaired) electrons. The molecule has 1 heterocycles. The van der Waals surface area contributed by atoms with Crippen LogP contribution in [-0.2, 0) is 4.79 Å². The number of nitrogens with one attached hydrogen (secondary N) is 1. The Morgan fingerprint density at radius 2 is 1.92 bits per heavy atom. The van der Waals surface area contributed by atoms with E-state index in [1.807, 2.05) is 30.3 Å². The summed E-state index contributed by atoms with van der Waals surface area (Å²) in [5, 5.41) is 12.7. The van der Waals surface area contributed by atoms with E-state index in [9.17, 15) is 4.79 Å². The van der Waals surface area contributed by atoms with Gasteiger partial charge in [0.1, 0.15) is 6.07 Å². The SMILES string of the molecule is N#Cc1ccccc1NC(=O)C1CCN(c2cccc(Cl)c2)CC1. The summed E-state index contributed by atoms with van der Waals surface area (Å²) in [5.74, 6) is -0.0457. The Kier molecular flexibility index (Phi) is 5.02. The van der Waals surface area contributed by atoms with Crippen LogP contribution in [0.5, 0.6) is 0 Å². The quantitative estimate of drug-likeness (QED) is 0.917. The Balaban J connectivity index is 1.60. The molecule has 0 saturated carbocycles. The Bertz CT molecular complexity index is 776. The fourth-order valence-corrected chi connectivity index (χ4v) is 3.18. The molecule has 0 atom stereocenters. The third kappa shape index (κ3) is 3.69. The van der Waals surface area contributed by atoms with Gasteiger partial charge in [-0.15, -0.1) is 0 Å². The molecule has 1 aliphatic rings. The molecule has 4 nitrogen and oxygen atoms in total. The second-order valence-corrected chi connectivity index (χ2v) is 6.32. The van der Waals surface area contributed by atoms with E-state index in [-0.39, 0.29) is 11.8 Å². The highest BCUT2D eigenvalue weighted by Gasteiger charge is 2.25. The van der Waals surface area contributed by atoms with E-state index in [1.165, 1.54) is 0 Å². The third-order valence-corrected chi connectivity index (χ3v) is 4.58. The van der Waals surface area contributed by atoms with Gasteiger partial charge < -0.3 is 10.2 Å². The van der Waals surface area contributed by atoms with Crippen molar-refractivity contribution >= 4 is 28.9 Å². The Labute approximate surface area is 146 Å². The third-order valence-electron chi connectivity index (χ3n) is 4.34. The van der Waals surface area contributed by atoms with E-state index in [1.54, 1.807) is 18.2 Å². The topological polar surface area (TPSA) is 56.1 Å². The average Bonchev–Trinajstić information content (AvgIpc) is 2.62. The van der Waals surface area contributed by atoms with Crippen molar-refractivity contribution in [3.63, 3.8) is 0 Å². The van der Waals surface area contributed by atoms with Crippen molar-refractivity contribution in [1.82, 2.24) is 0 Å². The molecular formula is C19H18ClN3O. The predicted molar refractivity (Wildman–Crippen MR) is 96.2 cm³/mol. The van der Waals surface area contributed by atoms with Crippen LogP contribution >= 0.6 is 11.6 Å². The number of nitrogens with zero attached hydrogens (tertiary/aromatic N) is 2. The van der Waals surface area contributed by atoms with E-state index < -0.39 is 0 Å². The molecule has 2 aromatic rings. The van der Waals surface area contributed by atoms with Crippen LogP contribution in [-0.4, -0.2) is 19.0 Å². The maximum atomic E-state index is 12.5. The first-order chi connectivity index (χ1) is 11.7. The maximum Gasteiger partial charge on any atom is 0.227 e. The van der Waals surface area contributed by atoms with Gasteiger partial charge in [-0.3, -0.25) is 4.79 Å². The highest BCUT2D eigenvalue weighted by Crippen LogP contribution is 2.26. The molecule has 1 N–H and O–H groups in total. The molecule has 24 heavy (non-hydrogen) atoms. The van der Waals surface area contributed by atoms with E-state index >= 15 is 0 Å². The molecule has 0 spiro atoms. The smallest absolute Gasteiger partial charge is 0.227 e. The first kappa shape index (κ1) is 16.4. The van der Waals surface area contributed by atoms with Crippen LogP contribution in [0.25, 0.3) is 0 Å². The lowest BCUT2D eigenvalue weighted by atomic mass is 9.95. The molecule has 3 rings (SSSR count). The normalized spacial score (nSPS) is 14.9. The van der Waals surface area contributed by atoms with Gasteiger partial charge in [-0.25, -0.2) is 0 Å². The number of amides is 1. The van der Waals surface area contributed by atoms with Crippen LogP contribution in [0.3, 0.4) is 0 Å². The Morgan fingerprint density at radius 3 is 2.62 bits per heavy atom. The van der Waals surface area contributed by atoms with Crippen LogP contribution in [0.15, 0.2) is 48.5 Å². The molecular weight excluding hydrogens is 322 g/mol. The maximum absolute atomic E-state index is 12.5. The van der Waals surface area contributed by atoms with Gasteiger partial charge in [-0.1, -0.05) is 29.8 Å². The summed E-state index contributed by atoms with van der Waals surface area (Å²) < 4.78 is 0. The number of anilines is 2. The number of halogens is 1. The molecule has 1 aliphatic heterocycles. The minimum atomic E-state index is -0.0350. The minimum Gasteiger partial charge on any atom is -0.371 e. The van der Waals surface area contributed by atoms with E-state index in [0.717, 1.165) is 36.6 Å². The van der Waals surface area contributed by atoms with Gasteiger partial charge in [0.25, 0.3) is 0 Å². The zero-order valence-electron chi connectivity index (χ0n) is 13.2. The van der Waals surface area contributed by atoms with Gasteiger partial charge in [-0.05, 0) is 43.2 Å². The van der Waals surface area contributed by atoms with Gasteiger partial charge >= 0.3 is 0 Å². The molecule has 122 valence electrons. The number of benzene rings is 2. The average molecular weight is 340 g/mol.